The molecular formula is C14H15N3O. The average molecular weight is 241 g/mol. The van der Waals surface area contributed by atoms with E-state index in [9.17, 15) is 0 Å². The van der Waals surface area contributed by atoms with E-state index in [0.29, 0.717) is 12.2 Å². The van der Waals surface area contributed by atoms with Crippen molar-refractivity contribution in [3.05, 3.63) is 53.7 Å². The Labute approximate surface area is 106 Å². The number of hydrogen-bond donors (Lipinski definition) is 0. The van der Waals surface area contributed by atoms with Gasteiger partial charge in [-0.15, -0.1) is 0 Å². The lowest BCUT2D eigenvalue weighted by Gasteiger charge is -2.19. The van der Waals surface area contributed by atoms with Gasteiger partial charge < -0.3 is 4.42 Å². The van der Waals surface area contributed by atoms with Crippen LogP contribution >= 0.6 is 0 Å². The molecule has 0 amide bonds. The molecule has 0 unspecified atom stereocenters. The molecule has 2 aromatic rings. The Hall–Kier alpha value is -2.12. The van der Waals surface area contributed by atoms with Crippen molar-refractivity contribution in [2.24, 2.45) is 0 Å². The Bertz CT molecular complexity index is 528. The van der Waals surface area contributed by atoms with E-state index in [0.717, 1.165) is 24.4 Å². The van der Waals surface area contributed by atoms with Crippen LogP contribution in [-0.4, -0.2) is 16.4 Å². The van der Waals surface area contributed by atoms with Crippen LogP contribution in [-0.2, 0) is 13.1 Å². The summed E-state index contributed by atoms with van der Waals surface area (Å²) in [4.78, 5) is 6.28. The molecule has 0 N–H and O–H groups in total. The maximum absolute atomic E-state index is 9.01. The third-order valence-corrected chi connectivity index (χ3v) is 2.80. The van der Waals surface area contributed by atoms with E-state index in [1.807, 2.05) is 24.3 Å². The van der Waals surface area contributed by atoms with E-state index in [4.69, 9.17) is 9.68 Å². The first kappa shape index (κ1) is 12.3. The molecule has 0 saturated heterocycles. The molecule has 0 aromatic carbocycles. The zero-order valence-electron chi connectivity index (χ0n) is 10.3. The van der Waals surface area contributed by atoms with E-state index < -0.39 is 0 Å². The van der Waals surface area contributed by atoms with E-state index in [-0.39, 0.29) is 0 Å². The Morgan fingerprint density at radius 2 is 2.22 bits per heavy atom. The van der Waals surface area contributed by atoms with E-state index >= 15 is 0 Å². The predicted molar refractivity (Wildman–Crippen MR) is 67.4 cm³/mol. The fourth-order valence-corrected chi connectivity index (χ4v) is 1.81. The van der Waals surface area contributed by atoms with Gasteiger partial charge in [0, 0.05) is 18.3 Å². The Balaban J connectivity index is 2.08. The van der Waals surface area contributed by atoms with Crippen molar-refractivity contribution >= 4 is 0 Å². The summed E-state index contributed by atoms with van der Waals surface area (Å²) in [7, 11) is 0. The summed E-state index contributed by atoms with van der Waals surface area (Å²) >= 11 is 0. The Morgan fingerprint density at radius 1 is 1.33 bits per heavy atom. The molecule has 0 spiro atoms. The van der Waals surface area contributed by atoms with Gasteiger partial charge in [0.25, 0.3) is 0 Å². The van der Waals surface area contributed by atoms with Gasteiger partial charge in [-0.05, 0) is 24.7 Å². The second-order valence-electron chi connectivity index (χ2n) is 4.01. The number of furan rings is 1. The summed E-state index contributed by atoms with van der Waals surface area (Å²) in [5.74, 6) is 0.930. The van der Waals surface area contributed by atoms with Gasteiger partial charge >= 0.3 is 0 Å². The minimum absolute atomic E-state index is 0.496. The minimum atomic E-state index is 0.496. The molecule has 92 valence electrons. The fourth-order valence-electron chi connectivity index (χ4n) is 1.81. The second kappa shape index (κ2) is 5.99. The van der Waals surface area contributed by atoms with Crippen LogP contribution in [0.25, 0.3) is 0 Å². The number of nitrogens with zero attached hydrogens (tertiary/aromatic N) is 3. The molecule has 4 nitrogen and oxygen atoms in total. The standard InChI is InChI=1S/C14H15N3O/c1-2-17(11-13-6-4-8-18-13)10-12-5-3-7-16-14(12)9-15/h3-8H,2,10-11H2,1H3. The van der Waals surface area contributed by atoms with E-state index in [2.05, 4.69) is 22.9 Å². The molecule has 2 heterocycles. The van der Waals surface area contributed by atoms with Crippen LogP contribution in [0.2, 0.25) is 0 Å². The Kier molecular flexibility index (Phi) is 4.11. The first-order valence-corrected chi connectivity index (χ1v) is 5.92. The average Bonchev–Trinajstić information content (AvgIpc) is 2.91. The summed E-state index contributed by atoms with van der Waals surface area (Å²) in [6.45, 7) is 4.42. The molecule has 0 fully saturated rings. The Morgan fingerprint density at radius 3 is 2.89 bits per heavy atom. The number of rotatable bonds is 5. The molecule has 0 aliphatic rings. The summed E-state index contributed by atoms with van der Waals surface area (Å²) in [5, 5.41) is 9.01. The predicted octanol–water partition coefficient (Wildman–Crippen LogP) is 2.57. The molecule has 0 radical (unpaired) electrons. The van der Waals surface area contributed by atoms with Crippen LogP contribution in [0.5, 0.6) is 0 Å². The van der Waals surface area contributed by atoms with Gasteiger partial charge in [0.1, 0.15) is 17.5 Å². The zero-order chi connectivity index (χ0) is 12.8. The van der Waals surface area contributed by atoms with Crippen molar-refractivity contribution < 1.29 is 4.42 Å². The van der Waals surface area contributed by atoms with Crippen LogP contribution in [0.3, 0.4) is 0 Å². The topological polar surface area (TPSA) is 53.1 Å². The van der Waals surface area contributed by atoms with Crippen molar-refractivity contribution in [1.82, 2.24) is 9.88 Å². The van der Waals surface area contributed by atoms with Crippen LogP contribution in [0.1, 0.15) is 23.9 Å². The third-order valence-electron chi connectivity index (χ3n) is 2.80. The summed E-state index contributed by atoms with van der Waals surface area (Å²) in [5.41, 5.74) is 1.45. The van der Waals surface area contributed by atoms with Gasteiger partial charge in [-0.2, -0.15) is 5.26 Å². The number of nitriles is 1. The van der Waals surface area contributed by atoms with Gasteiger partial charge in [0.2, 0.25) is 0 Å². The van der Waals surface area contributed by atoms with E-state index in [1.54, 1.807) is 12.5 Å². The highest BCUT2D eigenvalue weighted by Gasteiger charge is 2.10. The van der Waals surface area contributed by atoms with Crippen molar-refractivity contribution in [2.75, 3.05) is 6.54 Å². The van der Waals surface area contributed by atoms with Crippen molar-refractivity contribution in [3.63, 3.8) is 0 Å². The highest BCUT2D eigenvalue weighted by atomic mass is 16.3. The summed E-state index contributed by atoms with van der Waals surface area (Å²) in [6.07, 6.45) is 3.32. The monoisotopic (exact) mass is 241 g/mol. The van der Waals surface area contributed by atoms with Gasteiger partial charge in [-0.3, -0.25) is 4.90 Å². The van der Waals surface area contributed by atoms with E-state index in [1.165, 1.54) is 0 Å². The number of pyridine rings is 1. The molecule has 4 heteroatoms. The van der Waals surface area contributed by atoms with Crippen LogP contribution in [0.4, 0.5) is 0 Å². The second-order valence-corrected chi connectivity index (χ2v) is 4.01. The number of hydrogen-bond acceptors (Lipinski definition) is 4. The van der Waals surface area contributed by atoms with Crippen LogP contribution < -0.4 is 0 Å². The first-order chi connectivity index (χ1) is 8.83. The van der Waals surface area contributed by atoms with Crippen molar-refractivity contribution in [1.29, 1.82) is 5.26 Å². The summed E-state index contributed by atoms with van der Waals surface area (Å²) < 4.78 is 5.34. The van der Waals surface area contributed by atoms with Crippen molar-refractivity contribution in [3.8, 4) is 6.07 Å². The van der Waals surface area contributed by atoms with Gasteiger partial charge in [-0.1, -0.05) is 13.0 Å². The number of aromatic nitrogens is 1. The largest absolute Gasteiger partial charge is 0.468 e. The summed E-state index contributed by atoms with van der Waals surface area (Å²) in [6, 6.07) is 9.76. The quantitative estimate of drug-likeness (QED) is 0.807. The molecular weight excluding hydrogens is 226 g/mol. The molecule has 0 bridgehead atoms. The van der Waals surface area contributed by atoms with Gasteiger partial charge in [0.15, 0.2) is 0 Å². The highest BCUT2D eigenvalue weighted by molar-refractivity contribution is 5.30. The van der Waals surface area contributed by atoms with Crippen LogP contribution in [0.15, 0.2) is 41.1 Å². The fraction of sp³-hybridized carbons (Fsp3) is 0.286. The molecule has 0 saturated carbocycles. The smallest absolute Gasteiger partial charge is 0.144 e. The maximum atomic E-state index is 9.01. The minimum Gasteiger partial charge on any atom is -0.468 e. The lowest BCUT2D eigenvalue weighted by Crippen LogP contribution is -2.22. The van der Waals surface area contributed by atoms with Gasteiger partial charge in [0.05, 0.1) is 12.8 Å². The molecule has 0 aliphatic carbocycles. The normalized spacial score (nSPS) is 10.5. The first-order valence-electron chi connectivity index (χ1n) is 5.92. The zero-order valence-corrected chi connectivity index (χ0v) is 10.3. The lowest BCUT2D eigenvalue weighted by molar-refractivity contribution is 0.247. The molecule has 2 rings (SSSR count). The molecule has 2 aromatic heterocycles. The SMILES string of the molecule is CCN(Cc1ccco1)Cc1cccnc1C#N. The third kappa shape index (κ3) is 2.96. The highest BCUT2D eigenvalue weighted by Crippen LogP contribution is 2.12. The maximum Gasteiger partial charge on any atom is 0.144 e. The molecule has 0 aliphatic heterocycles. The lowest BCUT2D eigenvalue weighted by atomic mass is 10.2. The van der Waals surface area contributed by atoms with Crippen molar-refractivity contribution in [2.45, 2.75) is 20.0 Å². The van der Waals surface area contributed by atoms with Crippen LogP contribution in [0, 0.1) is 11.3 Å². The molecule has 18 heavy (non-hydrogen) atoms. The van der Waals surface area contributed by atoms with Gasteiger partial charge in [-0.25, -0.2) is 4.98 Å². The molecule has 0 atom stereocenters.